The van der Waals surface area contributed by atoms with Crippen molar-refractivity contribution in [1.29, 1.82) is 0 Å². The van der Waals surface area contributed by atoms with Crippen LogP contribution in [-0.4, -0.2) is 4.98 Å². The van der Waals surface area contributed by atoms with Gasteiger partial charge in [-0.15, -0.1) is 0 Å². The van der Waals surface area contributed by atoms with Crippen LogP contribution in [0.2, 0.25) is 0 Å². The second kappa shape index (κ2) is 5.86. The van der Waals surface area contributed by atoms with E-state index in [0.717, 1.165) is 27.9 Å². The molecule has 3 rings (SSSR count). The van der Waals surface area contributed by atoms with Gasteiger partial charge in [-0.25, -0.2) is 0 Å². The van der Waals surface area contributed by atoms with Crippen molar-refractivity contribution in [2.45, 2.75) is 20.4 Å². The third-order valence-electron chi connectivity index (χ3n) is 3.58. The summed E-state index contributed by atoms with van der Waals surface area (Å²) in [6, 6.07) is 16.8. The van der Waals surface area contributed by atoms with E-state index >= 15 is 0 Å². The summed E-state index contributed by atoms with van der Waals surface area (Å²) in [6.45, 7) is 4.92. The number of hydrogen-bond donors (Lipinski definition) is 1. The number of halogens is 1. The number of hydrogen-bond acceptors (Lipinski definition) is 2. The molecule has 2 nitrogen and oxygen atoms in total. The van der Waals surface area contributed by atoms with Gasteiger partial charge in [0.25, 0.3) is 0 Å². The molecule has 3 aromatic rings. The van der Waals surface area contributed by atoms with Gasteiger partial charge in [0.05, 0.1) is 5.52 Å². The fourth-order valence-electron chi connectivity index (χ4n) is 2.44. The second-order valence-corrected chi connectivity index (χ2v) is 6.11. The number of aromatic nitrogens is 1. The lowest BCUT2D eigenvalue weighted by molar-refractivity contribution is 1.13. The summed E-state index contributed by atoms with van der Waals surface area (Å²) in [7, 11) is 0. The lowest BCUT2D eigenvalue weighted by Crippen LogP contribution is -2.01. The van der Waals surface area contributed by atoms with E-state index in [1.165, 1.54) is 16.5 Å². The summed E-state index contributed by atoms with van der Waals surface area (Å²) < 4.78 is 1.13. The van der Waals surface area contributed by atoms with E-state index in [9.17, 15) is 0 Å². The van der Waals surface area contributed by atoms with Crippen LogP contribution in [-0.2, 0) is 6.54 Å². The van der Waals surface area contributed by atoms with E-state index in [2.05, 4.69) is 75.6 Å². The van der Waals surface area contributed by atoms with Gasteiger partial charge in [0.2, 0.25) is 0 Å². The van der Waals surface area contributed by atoms with Crippen molar-refractivity contribution in [2.75, 3.05) is 5.32 Å². The van der Waals surface area contributed by atoms with Gasteiger partial charge in [0.15, 0.2) is 0 Å². The molecule has 0 aliphatic heterocycles. The minimum Gasteiger partial charge on any atom is -0.381 e. The third kappa shape index (κ3) is 3.08. The van der Waals surface area contributed by atoms with Gasteiger partial charge in [0.1, 0.15) is 0 Å². The average Bonchev–Trinajstić information content (AvgIpc) is 2.48. The Kier molecular flexibility index (Phi) is 3.93. The Bertz CT molecular complexity index is 796. The number of benzene rings is 2. The number of pyridine rings is 1. The Morgan fingerprint density at radius 2 is 1.86 bits per heavy atom. The molecule has 0 atom stereocenters. The second-order valence-electron chi connectivity index (χ2n) is 5.26. The van der Waals surface area contributed by atoms with Gasteiger partial charge >= 0.3 is 0 Å². The first-order chi connectivity index (χ1) is 10.1. The minimum absolute atomic E-state index is 0.791. The zero-order valence-corrected chi connectivity index (χ0v) is 13.7. The predicted octanol–water partition coefficient (Wildman–Crippen LogP) is 5.23. The van der Waals surface area contributed by atoms with Gasteiger partial charge < -0.3 is 5.32 Å². The van der Waals surface area contributed by atoms with Gasteiger partial charge in [0, 0.05) is 27.8 Å². The quantitative estimate of drug-likeness (QED) is 0.706. The number of para-hydroxylation sites is 1. The highest BCUT2D eigenvalue weighted by Crippen LogP contribution is 2.23. The Labute approximate surface area is 133 Å². The smallest absolute Gasteiger partial charge is 0.0708 e. The maximum atomic E-state index is 4.58. The van der Waals surface area contributed by atoms with Crippen LogP contribution in [0.3, 0.4) is 0 Å². The maximum absolute atomic E-state index is 4.58. The molecule has 21 heavy (non-hydrogen) atoms. The van der Waals surface area contributed by atoms with Crippen LogP contribution >= 0.6 is 15.9 Å². The number of aryl methyl sites for hydroxylation is 2. The molecule has 1 heterocycles. The number of nitrogens with one attached hydrogen (secondary N) is 1. The minimum atomic E-state index is 0.791. The fraction of sp³-hybridized carbons (Fsp3) is 0.167. The molecule has 0 amide bonds. The van der Waals surface area contributed by atoms with Crippen LogP contribution in [0.5, 0.6) is 0 Å². The van der Waals surface area contributed by atoms with Crippen molar-refractivity contribution < 1.29 is 0 Å². The van der Waals surface area contributed by atoms with Crippen molar-refractivity contribution in [3.8, 4) is 0 Å². The van der Waals surface area contributed by atoms with Crippen molar-refractivity contribution in [2.24, 2.45) is 0 Å². The Morgan fingerprint density at radius 1 is 1.05 bits per heavy atom. The normalized spacial score (nSPS) is 10.8. The SMILES string of the molecule is Cc1cc(CNc2ccc(C)c(Br)c2)c2ccccc2n1. The molecule has 0 unspecified atom stereocenters. The van der Waals surface area contributed by atoms with Crippen molar-refractivity contribution >= 4 is 32.5 Å². The van der Waals surface area contributed by atoms with E-state index < -0.39 is 0 Å². The first-order valence-corrected chi connectivity index (χ1v) is 7.78. The van der Waals surface area contributed by atoms with Crippen LogP contribution in [0, 0.1) is 13.8 Å². The van der Waals surface area contributed by atoms with Gasteiger partial charge in [-0.2, -0.15) is 0 Å². The fourth-order valence-corrected chi connectivity index (χ4v) is 2.82. The summed E-state index contributed by atoms with van der Waals surface area (Å²) in [5, 5.41) is 4.70. The van der Waals surface area contributed by atoms with Gasteiger partial charge in [-0.1, -0.05) is 40.2 Å². The highest BCUT2D eigenvalue weighted by Gasteiger charge is 2.04. The highest BCUT2D eigenvalue weighted by atomic mass is 79.9. The van der Waals surface area contributed by atoms with Crippen LogP contribution < -0.4 is 5.32 Å². The Hall–Kier alpha value is -1.87. The summed E-state index contributed by atoms with van der Waals surface area (Å²) in [4.78, 5) is 4.58. The summed E-state index contributed by atoms with van der Waals surface area (Å²) in [5.74, 6) is 0. The average molecular weight is 341 g/mol. The molecule has 2 aromatic carbocycles. The van der Waals surface area contributed by atoms with E-state index in [1.807, 2.05) is 13.0 Å². The van der Waals surface area contributed by atoms with Crippen molar-refractivity contribution in [1.82, 2.24) is 4.98 Å². The third-order valence-corrected chi connectivity index (χ3v) is 4.44. The molecule has 0 saturated heterocycles. The molecule has 0 fully saturated rings. The van der Waals surface area contributed by atoms with Crippen LogP contribution in [0.25, 0.3) is 10.9 Å². The number of fused-ring (bicyclic) bond motifs is 1. The molecule has 0 saturated carbocycles. The molecule has 0 bridgehead atoms. The lowest BCUT2D eigenvalue weighted by atomic mass is 10.1. The molecule has 1 N–H and O–H groups in total. The summed E-state index contributed by atoms with van der Waals surface area (Å²) >= 11 is 3.57. The van der Waals surface area contributed by atoms with Crippen molar-refractivity contribution in [3.05, 3.63) is 69.8 Å². The number of nitrogens with zero attached hydrogens (tertiary/aromatic N) is 1. The molecule has 3 heteroatoms. The van der Waals surface area contributed by atoms with E-state index in [1.54, 1.807) is 0 Å². The lowest BCUT2D eigenvalue weighted by Gasteiger charge is -2.11. The monoisotopic (exact) mass is 340 g/mol. The molecule has 0 spiro atoms. The van der Waals surface area contributed by atoms with E-state index in [-0.39, 0.29) is 0 Å². The highest BCUT2D eigenvalue weighted by molar-refractivity contribution is 9.10. The molecule has 0 aliphatic carbocycles. The zero-order valence-electron chi connectivity index (χ0n) is 12.2. The van der Waals surface area contributed by atoms with Crippen LogP contribution in [0.1, 0.15) is 16.8 Å². The van der Waals surface area contributed by atoms with E-state index in [0.29, 0.717) is 0 Å². The predicted molar refractivity (Wildman–Crippen MR) is 92.7 cm³/mol. The number of anilines is 1. The topological polar surface area (TPSA) is 24.9 Å². The Morgan fingerprint density at radius 3 is 2.67 bits per heavy atom. The van der Waals surface area contributed by atoms with Crippen LogP contribution in [0.15, 0.2) is 53.0 Å². The molecule has 0 aliphatic rings. The zero-order chi connectivity index (χ0) is 14.8. The van der Waals surface area contributed by atoms with Crippen molar-refractivity contribution in [3.63, 3.8) is 0 Å². The van der Waals surface area contributed by atoms with Gasteiger partial charge in [-0.05, 0) is 49.2 Å². The summed E-state index contributed by atoms with van der Waals surface area (Å²) in [5.41, 5.74) is 5.74. The van der Waals surface area contributed by atoms with Gasteiger partial charge in [-0.3, -0.25) is 4.98 Å². The van der Waals surface area contributed by atoms with Crippen LogP contribution in [0.4, 0.5) is 5.69 Å². The number of rotatable bonds is 3. The largest absolute Gasteiger partial charge is 0.381 e. The molecule has 106 valence electrons. The molecular formula is C18H17BrN2. The molecular weight excluding hydrogens is 324 g/mol. The first-order valence-electron chi connectivity index (χ1n) is 6.99. The molecule has 1 aromatic heterocycles. The maximum Gasteiger partial charge on any atom is 0.0708 e. The first kappa shape index (κ1) is 14.1. The summed E-state index contributed by atoms with van der Waals surface area (Å²) in [6.07, 6.45) is 0. The molecule has 0 radical (unpaired) electrons. The van der Waals surface area contributed by atoms with E-state index in [4.69, 9.17) is 0 Å². The Balaban J connectivity index is 1.89. The standard InChI is InChI=1S/C18H17BrN2/c1-12-7-8-15(10-17(12)19)20-11-14-9-13(2)21-18-6-4-3-5-16(14)18/h3-10,20H,11H2,1-2H3.